The summed E-state index contributed by atoms with van der Waals surface area (Å²) in [5.74, 6) is 0.145. The number of pyridine rings is 1. The van der Waals surface area contributed by atoms with Crippen molar-refractivity contribution in [2.45, 2.75) is 38.5 Å². The Morgan fingerprint density at radius 3 is 2.50 bits per heavy atom. The fraction of sp³-hybridized carbons (Fsp3) is 0.538. The Bertz CT molecular complexity index is 403. The summed E-state index contributed by atoms with van der Waals surface area (Å²) in [4.78, 5) is 15.4. The Balaban J connectivity index is 2.13. The van der Waals surface area contributed by atoms with E-state index < -0.39 is 0 Å². The first kappa shape index (κ1) is 11.1. The Morgan fingerprint density at radius 1 is 1.44 bits per heavy atom. The molecule has 3 heteroatoms. The highest BCUT2D eigenvalue weighted by atomic mass is 16.1. The Morgan fingerprint density at radius 2 is 2.12 bits per heavy atom. The maximum atomic E-state index is 11.0. The van der Waals surface area contributed by atoms with E-state index in [0.717, 1.165) is 17.7 Å². The molecule has 1 aliphatic carbocycles. The molecule has 0 saturated heterocycles. The number of aromatic nitrogens is 1. The summed E-state index contributed by atoms with van der Waals surface area (Å²) in [6, 6.07) is 4.12. The summed E-state index contributed by atoms with van der Waals surface area (Å²) in [5, 5.41) is 0. The smallest absolute Gasteiger partial charge is 0.221 e. The van der Waals surface area contributed by atoms with E-state index >= 15 is 0 Å². The highest BCUT2D eigenvalue weighted by molar-refractivity contribution is 5.81. The highest BCUT2D eigenvalue weighted by Crippen LogP contribution is 2.47. The molecule has 0 bridgehead atoms. The molecule has 1 amide bonds. The van der Waals surface area contributed by atoms with Gasteiger partial charge in [-0.25, -0.2) is 0 Å². The van der Waals surface area contributed by atoms with Crippen LogP contribution in [0.25, 0.3) is 0 Å². The molecule has 86 valence electrons. The van der Waals surface area contributed by atoms with Crippen LogP contribution in [0, 0.1) is 5.92 Å². The van der Waals surface area contributed by atoms with Gasteiger partial charge in [0.15, 0.2) is 0 Å². The zero-order valence-electron chi connectivity index (χ0n) is 10.0. The van der Waals surface area contributed by atoms with Gasteiger partial charge in [-0.2, -0.15) is 0 Å². The van der Waals surface area contributed by atoms with Gasteiger partial charge in [-0.1, -0.05) is 26.8 Å². The minimum Gasteiger partial charge on any atom is -0.369 e. The van der Waals surface area contributed by atoms with E-state index in [2.05, 4.69) is 31.8 Å². The van der Waals surface area contributed by atoms with Crippen LogP contribution in [-0.4, -0.2) is 10.9 Å². The van der Waals surface area contributed by atoms with Crippen molar-refractivity contribution in [3.63, 3.8) is 0 Å². The molecule has 16 heavy (non-hydrogen) atoms. The number of hydrogen-bond donors (Lipinski definition) is 1. The molecular weight excluding hydrogens is 200 g/mol. The second-order valence-electron chi connectivity index (χ2n) is 5.58. The molecule has 1 aromatic heterocycles. The number of nitrogens with zero attached hydrogens (tertiary/aromatic N) is 1. The zero-order valence-corrected chi connectivity index (χ0v) is 10.0. The van der Waals surface area contributed by atoms with Crippen molar-refractivity contribution in [2.75, 3.05) is 0 Å². The number of hydrogen-bond acceptors (Lipinski definition) is 2. The highest BCUT2D eigenvalue weighted by Gasteiger charge is 2.42. The van der Waals surface area contributed by atoms with E-state index in [1.807, 2.05) is 12.3 Å². The summed E-state index contributed by atoms with van der Waals surface area (Å²) in [5.41, 5.74) is 7.55. The number of primary amides is 1. The summed E-state index contributed by atoms with van der Waals surface area (Å²) in [6.07, 6.45) is 2.76. The number of nitrogens with two attached hydrogens (primary N) is 1. The van der Waals surface area contributed by atoms with Crippen molar-refractivity contribution in [2.24, 2.45) is 11.7 Å². The van der Waals surface area contributed by atoms with E-state index in [1.54, 1.807) is 0 Å². The van der Waals surface area contributed by atoms with Crippen LogP contribution in [0.1, 0.15) is 44.4 Å². The first-order chi connectivity index (χ1) is 7.39. The molecule has 2 N–H and O–H groups in total. The fourth-order valence-electron chi connectivity index (χ4n) is 1.95. The standard InChI is InChI=1S/C13H18N2O/c1-13(2,3)11-5-4-8(7-15-11)9-6-10(9)12(14)16/h4-5,7,9-10H,6H2,1-3H3,(H2,14,16)/t9-,10+/m1/s1. The zero-order chi connectivity index (χ0) is 11.9. The molecule has 0 radical (unpaired) electrons. The van der Waals surface area contributed by atoms with Gasteiger partial charge >= 0.3 is 0 Å². The van der Waals surface area contributed by atoms with Gasteiger partial charge in [-0.3, -0.25) is 9.78 Å². The van der Waals surface area contributed by atoms with Gasteiger partial charge in [0.2, 0.25) is 5.91 Å². The van der Waals surface area contributed by atoms with Crippen molar-refractivity contribution in [3.8, 4) is 0 Å². The van der Waals surface area contributed by atoms with Crippen LogP contribution in [0.4, 0.5) is 0 Å². The summed E-state index contributed by atoms with van der Waals surface area (Å²) >= 11 is 0. The maximum Gasteiger partial charge on any atom is 0.221 e. The molecule has 0 spiro atoms. The molecule has 2 atom stereocenters. The predicted octanol–water partition coefficient (Wildman–Crippen LogP) is 1.97. The molecule has 0 aromatic carbocycles. The second kappa shape index (κ2) is 3.58. The van der Waals surface area contributed by atoms with Gasteiger partial charge in [0, 0.05) is 23.2 Å². The van der Waals surface area contributed by atoms with Crippen LogP contribution in [0.3, 0.4) is 0 Å². The average molecular weight is 218 g/mol. The van der Waals surface area contributed by atoms with E-state index in [4.69, 9.17) is 5.73 Å². The minimum absolute atomic E-state index is 0.0299. The quantitative estimate of drug-likeness (QED) is 0.825. The molecule has 1 fully saturated rings. The van der Waals surface area contributed by atoms with Gasteiger partial charge in [0.05, 0.1) is 0 Å². The lowest BCUT2D eigenvalue weighted by Crippen LogP contribution is -2.14. The lowest BCUT2D eigenvalue weighted by atomic mass is 9.91. The van der Waals surface area contributed by atoms with Gasteiger partial charge in [0.25, 0.3) is 0 Å². The molecular formula is C13H18N2O. The van der Waals surface area contributed by atoms with Crippen LogP contribution in [0.15, 0.2) is 18.3 Å². The topological polar surface area (TPSA) is 56.0 Å². The summed E-state index contributed by atoms with van der Waals surface area (Å²) < 4.78 is 0. The SMILES string of the molecule is CC(C)(C)c1ccc([C@H]2C[C@@H]2C(N)=O)cn1. The first-order valence-corrected chi connectivity index (χ1v) is 5.65. The third-order valence-electron chi connectivity index (χ3n) is 3.14. The average Bonchev–Trinajstić information content (AvgIpc) is 2.96. The van der Waals surface area contributed by atoms with Crippen molar-refractivity contribution >= 4 is 5.91 Å². The number of carbonyl (C=O) groups excluding carboxylic acids is 1. The predicted molar refractivity (Wildman–Crippen MR) is 63.0 cm³/mol. The number of carbonyl (C=O) groups is 1. The summed E-state index contributed by atoms with van der Waals surface area (Å²) in [7, 11) is 0. The molecule has 1 aromatic rings. The number of rotatable bonds is 2. The van der Waals surface area contributed by atoms with Crippen LogP contribution >= 0.6 is 0 Å². The van der Waals surface area contributed by atoms with Gasteiger partial charge in [-0.05, 0) is 24.0 Å². The van der Waals surface area contributed by atoms with Crippen molar-refractivity contribution in [1.82, 2.24) is 4.98 Å². The van der Waals surface area contributed by atoms with Crippen LogP contribution in [-0.2, 0) is 10.2 Å². The monoisotopic (exact) mass is 218 g/mol. The van der Waals surface area contributed by atoms with E-state index in [1.165, 1.54) is 0 Å². The molecule has 0 unspecified atom stereocenters. The fourth-order valence-corrected chi connectivity index (χ4v) is 1.95. The Labute approximate surface area is 96.1 Å². The van der Waals surface area contributed by atoms with Crippen LogP contribution in [0.2, 0.25) is 0 Å². The maximum absolute atomic E-state index is 11.0. The number of amides is 1. The van der Waals surface area contributed by atoms with Gasteiger partial charge in [-0.15, -0.1) is 0 Å². The minimum atomic E-state index is -0.190. The van der Waals surface area contributed by atoms with Crippen LogP contribution in [0.5, 0.6) is 0 Å². The van der Waals surface area contributed by atoms with Gasteiger partial charge in [0.1, 0.15) is 0 Å². The van der Waals surface area contributed by atoms with E-state index in [-0.39, 0.29) is 17.2 Å². The molecule has 2 rings (SSSR count). The largest absolute Gasteiger partial charge is 0.369 e. The third-order valence-corrected chi connectivity index (χ3v) is 3.14. The lowest BCUT2D eigenvalue weighted by molar-refractivity contribution is -0.119. The first-order valence-electron chi connectivity index (χ1n) is 5.65. The molecule has 0 aliphatic heterocycles. The third kappa shape index (κ3) is 2.08. The molecule has 1 heterocycles. The molecule has 1 aliphatic rings. The van der Waals surface area contributed by atoms with Crippen molar-refractivity contribution < 1.29 is 4.79 Å². The van der Waals surface area contributed by atoms with Crippen LogP contribution < -0.4 is 5.73 Å². The molecule has 3 nitrogen and oxygen atoms in total. The normalized spacial score (nSPS) is 24.2. The summed E-state index contributed by atoms with van der Waals surface area (Å²) in [6.45, 7) is 6.41. The van der Waals surface area contributed by atoms with E-state index in [0.29, 0.717) is 5.92 Å². The van der Waals surface area contributed by atoms with E-state index in [9.17, 15) is 4.79 Å². The van der Waals surface area contributed by atoms with Gasteiger partial charge < -0.3 is 5.73 Å². The lowest BCUT2D eigenvalue weighted by Gasteiger charge is -2.17. The Kier molecular flexibility index (Phi) is 2.49. The van der Waals surface area contributed by atoms with Crippen molar-refractivity contribution in [3.05, 3.63) is 29.6 Å². The Hall–Kier alpha value is -1.38. The van der Waals surface area contributed by atoms with Crippen molar-refractivity contribution in [1.29, 1.82) is 0 Å². The molecule has 1 saturated carbocycles. The second-order valence-corrected chi connectivity index (χ2v) is 5.58.